The van der Waals surface area contributed by atoms with Crippen molar-refractivity contribution in [1.29, 1.82) is 0 Å². The second-order valence-electron chi connectivity index (χ2n) is 3.53. The Bertz CT molecular complexity index is 652. The van der Waals surface area contributed by atoms with Crippen LogP contribution in [0.1, 0.15) is 10.4 Å². The fraction of sp³-hybridized carbons (Fsp3) is 0. The van der Waals surface area contributed by atoms with Crippen LogP contribution in [0.4, 0.5) is 10.1 Å². The third-order valence-corrected chi connectivity index (χ3v) is 2.26. The molecule has 1 aromatic heterocycles. The van der Waals surface area contributed by atoms with E-state index in [0.29, 0.717) is 0 Å². The van der Waals surface area contributed by atoms with Crippen LogP contribution in [0.3, 0.4) is 0 Å². The number of amides is 1. The van der Waals surface area contributed by atoms with Crippen molar-refractivity contribution in [1.82, 2.24) is 4.98 Å². The number of rotatable bonds is 2. The number of aromatic amines is 1. The van der Waals surface area contributed by atoms with Crippen LogP contribution in [0.5, 0.6) is 5.75 Å². The number of phenolic OH excluding ortho intramolecular Hbond substituents is 1. The number of phenols is 1. The number of carbonyl (C=O) groups excluding carboxylic acids is 1. The number of nitrogens with one attached hydrogen (secondary N) is 2. The zero-order chi connectivity index (χ0) is 13.1. The Morgan fingerprint density at radius 1 is 1.33 bits per heavy atom. The average Bonchev–Trinajstić information content (AvgIpc) is 2.33. The summed E-state index contributed by atoms with van der Waals surface area (Å²) < 4.78 is 13.4. The van der Waals surface area contributed by atoms with Gasteiger partial charge in [-0.25, -0.2) is 4.39 Å². The summed E-state index contributed by atoms with van der Waals surface area (Å²) in [6.07, 6.45) is 1.39. The van der Waals surface area contributed by atoms with E-state index in [9.17, 15) is 14.0 Å². The quantitative estimate of drug-likeness (QED) is 0.704. The second kappa shape index (κ2) is 4.70. The van der Waals surface area contributed by atoms with Gasteiger partial charge in [-0.3, -0.25) is 9.59 Å². The molecule has 0 radical (unpaired) electrons. The van der Waals surface area contributed by atoms with E-state index in [4.69, 9.17) is 5.11 Å². The summed E-state index contributed by atoms with van der Waals surface area (Å²) in [5.74, 6) is -1.75. The van der Waals surface area contributed by atoms with Crippen molar-refractivity contribution in [3.05, 3.63) is 58.3 Å². The van der Waals surface area contributed by atoms with E-state index < -0.39 is 17.3 Å². The van der Waals surface area contributed by atoms with Crippen LogP contribution in [0, 0.1) is 5.82 Å². The molecule has 1 amide bonds. The van der Waals surface area contributed by atoms with Crippen molar-refractivity contribution in [3.8, 4) is 5.75 Å². The number of anilines is 1. The van der Waals surface area contributed by atoms with Crippen molar-refractivity contribution >= 4 is 11.6 Å². The SMILES string of the molecule is O=C(Nc1ccc(O)cc1F)c1ccc[nH]c1=O. The molecule has 0 aliphatic rings. The molecule has 18 heavy (non-hydrogen) atoms. The van der Waals surface area contributed by atoms with Crippen LogP contribution in [0.15, 0.2) is 41.3 Å². The molecular weight excluding hydrogens is 239 g/mol. The van der Waals surface area contributed by atoms with Gasteiger partial charge < -0.3 is 15.4 Å². The minimum atomic E-state index is -0.782. The van der Waals surface area contributed by atoms with E-state index >= 15 is 0 Å². The van der Waals surface area contributed by atoms with Gasteiger partial charge in [0.25, 0.3) is 11.5 Å². The molecule has 0 aliphatic carbocycles. The van der Waals surface area contributed by atoms with E-state index in [2.05, 4.69) is 10.3 Å². The molecule has 0 aliphatic heterocycles. The molecule has 0 saturated heterocycles. The normalized spacial score (nSPS) is 10.1. The number of H-pyrrole nitrogens is 1. The number of aromatic nitrogens is 1. The zero-order valence-electron chi connectivity index (χ0n) is 9.11. The van der Waals surface area contributed by atoms with Crippen LogP contribution in [0.25, 0.3) is 0 Å². The molecule has 3 N–H and O–H groups in total. The number of halogens is 1. The number of benzene rings is 1. The first-order chi connectivity index (χ1) is 8.58. The van der Waals surface area contributed by atoms with E-state index in [-0.39, 0.29) is 17.0 Å². The third kappa shape index (κ3) is 2.37. The lowest BCUT2D eigenvalue weighted by atomic mass is 10.2. The van der Waals surface area contributed by atoms with E-state index in [0.717, 1.165) is 6.07 Å². The molecule has 0 unspecified atom stereocenters. The Morgan fingerprint density at radius 2 is 2.11 bits per heavy atom. The van der Waals surface area contributed by atoms with Crippen LogP contribution < -0.4 is 10.9 Å². The van der Waals surface area contributed by atoms with Gasteiger partial charge >= 0.3 is 0 Å². The van der Waals surface area contributed by atoms with Crippen LogP contribution in [-0.2, 0) is 0 Å². The fourth-order valence-corrected chi connectivity index (χ4v) is 1.40. The molecule has 0 spiro atoms. The Balaban J connectivity index is 2.27. The van der Waals surface area contributed by atoms with Crippen LogP contribution in [-0.4, -0.2) is 16.0 Å². The summed E-state index contributed by atoms with van der Waals surface area (Å²) in [6.45, 7) is 0. The third-order valence-electron chi connectivity index (χ3n) is 2.26. The Labute approximate surface area is 101 Å². The number of hydrogen-bond acceptors (Lipinski definition) is 3. The zero-order valence-corrected chi connectivity index (χ0v) is 9.11. The van der Waals surface area contributed by atoms with Gasteiger partial charge in [-0.1, -0.05) is 0 Å². The molecule has 6 heteroatoms. The fourth-order valence-electron chi connectivity index (χ4n) is 1.40. The maximum atomic E-state index is 13.4. The lowest BCUT2D eigenvalue weighted by Crippen LogP contribution is -2.22. The molecule has 1 heterocycles. The highest BCUT2D eigenvalue weighted by atomic mass is 19.1. The summed E-state index contributed by atoms with van der Waals surface area (Å²) in [7, 11) is 0. The van der Waals surface area contributed by atoms with E-state index in [1.807, 2.05) is 0 Å². The van der Waals surface area contributed by atoms with Gasteiger partial charge in [-0.2, -0.15) is 0 Å². The van der Waals surface area contributed by atoms with Crippen molar-refractivity contribution in [3.63, 3.8) is 0 Å². The molecule has 5 nitrogen and oxygen atoms in total. The predicted molar refractivity (Wildman–Crippen MR) is 63.1 cm³/mol. The predicted octanol–water partition coefficient (Wildman–Crippen LogP) is 1.47. The maximum Gasteiger partial charge on any atom is 0.261 e. The topological polar surface area (TPSA) is 82.2 Å². The monoisotopic (exact) mass is 248 g/mol. The van der Waals surface area contributed by atoms with Crippen molar-refractivity contribution in [2.24, 2.45) is 0 Å². The van der Waals surface area contributed by atoms with Gasteiger partial charge in [0.15, 0.2) is 0 Å². The van der Waals surface area contributed by atoms with Crippen LogP contribution in [0.2, 0.25) is 0 Å². The Morgan fingerprint density at radius 3 is 2.78 bits per heavy atom. The minimum absolute atomic E-state index is 0.110. The van der Waals surface area contributed by atoms with Gasteiger partial charge in [0.2, 0.25) is 0 Å². The number of carbonyl (C=O) groups is 1. The Hall–Kier alpha value is -2.63. The first-order valence-corrected chi connectivity index (χ1v) is 5.05. The first-order valence-electron chi connectivity index (χ1n) is 5.05. The van der Waals surface area contributed by atoms with Gasteiger partial charge in [-0.05, 0) is 24.3 Å². The highest BCUT2D eigenvalue weighted by molar-refractivity contribution is 6.04. The van der Waals surface area contributed by atoms with Gasteiger partial charge in [0, 0.05) is 12.3 Å². The lowest BCUT2D eigenvalue weighted by Gasteiger charge is -2.05. The number of pyridine rings is 1. The number of aromatic hydroxyl groups is 1. The molecule has 1 aromatic carbocycles. The molecular formula is C12H9FN2O3. The molecule has 0 atom stereocenters. The minimum Gasteiger partial charge on any atom is -0.508 e. The average molecular weight is 248 g/mol. The van der Waals surface area contributed by atoms with E-state index in [1.165, 1.54) is 30.5 Å². The summed E-state index contributed by atoms with van der Waals surface area (Å²) in [4.78, 5) is 25.4. The molecule has 0 bridgehead atoms. The summed E-state index contributed by atoms with van der Waals surface area (Å²) in [5.41, 5.74) is -0.791. The van der Waals surface area contributed by atoms with E-state index in [1.54, 1.807) is 0 Å². The molecule has 0 saturated carbocycles. The second-order valence-corrected chi connectivity index (χ2v) is 3.53. The standard InChI is InChI=1S/C12H9FN2O3/c13-9-6-7(16)3-4-10(9)15-12(18)8-2-1-5-14-11(8)17/h1-6,16H,(H,14,17)(H,15,18). The summed E-state index contributed by atoms with van der Waals surface area (Å²) in [5, 5.41) is 11.3. The van der Waals surface area contributed by atoms with Crippen molar-refractivity contribution in [2.75, 3.05) is 5.32 Å². The largest absolute Gasteiger partial charge is 0.508 e. The number of hydrogen-bond donors (Lipinski definition) is 3. The summed E-state index contributed by atoms with van der Waals surface area (Å²) in [6, 6.07) is 6.12. The van der Waals surface area contributed by atoms with Gasteiger partial charge in [-0.15, -0.1) is 0 Å². The van der Waals surface area contributed by atoms with Crippen molar-refractivity contribution in [2.45, 2.75) is 0 Å². The molecule has 0 fully saturated rings. The van der Waals surface area contributed by atoms with Crippen LogP contribution >= 0.6 is 0 Å². The highest BCUT2D eigenvalue weighted by Crippen LogP contribution is 2.19. The summed E-state index contributed by atoms with van der Waals surface area (Å²) >= 11 is 0. The highest BCUT2D eigenvalue weighted by Gasteiger charge is 2.12. The smallest absolute Gasteiger partial charge is 0.261 e. The lowest BCUT2D eigenvalue weighted by molar-refractivity contribution is 0.102. The van der Waals surface area contributed by atoms with Gasteiger partial charge in [0.1, 0.15) is 17.1 Å². The molecule has 2 aromatic rings. The maximum absolute atomic E-state index is 13.4. The Kier molecular flexibility index (Phi) is 3.09. The van der Waals surface area contributed by atoms with Gasteiger partial charge in [0.05, 0.1) is 5.69 Å². The van der Waals surface area contributed by atoms with Crippen molar-refractivity contribution < 1.29 is 14.3 Å². The molecule has 2 rings (SSSR count). The molecule has 92 valence electrons. The first kappa shape index (κ1) is 11.8.